The number of hydrogen-bond donors (Lipinski definition) is 1. The molecule has 0 aromatic heterocycles. The summed E-state index contributed by atoms with van der Waals surface area (Å²) >= 11 is 0. The SMILES string of the molecule is CCOC(CCOCCOC(C)(C)C)C(=O)O. The molecule has 1 atom stereocenters. The van der Waals surface area contributed by atoms with Crippen LogP contribution >= 0.6 is 0 Å². The Bertz CT molecular complexity index is 209. The van der Waals surface area contributed by atoms with Gasteiger partial charge in [0.25, 0.3) is 0 Å². The van der Waals surface area contributed by atoms with Gasteiger partial charge in [0.2, 0.25) is 0 Å². The first-order valence-corrected chi connectivity index (χ1v) is 5.93. The molecule has 17 heavy (non-hydrogen) atoms. The lowest BCUT2D eigenvalue weighted by Gasteiger charge is -2.19. The van der Waals surface area contributed by atoms with Crippen LogP contribution in [0.2, 0.25) is 0 Å². The Kier molecular flexibility index (Phi) is 8.12. The minimum Gasteiger partial charge on any atom is -0.479 e. The molecule has 0 bridgehead atoms. The van der Waals surface area contributed by atoms with Crippen molar-refractivity contribution in [2.75, 3.05) is 26.4 Å². The van der Waals surface area contributed by atoms with Crippen LogP contribution in [0.5, 0.6) is 0 Å². The van der Waals surface area contributed by atoms with Crippen LogP contribution in [0.25, 0.3) is 0 Å². The van der Waals surface area contributed by atoms with Crippen molar-refractivity contribution in [1.29, 1.82) is 0 Å². The van der Waals surface area contributed by atoms with Gasteiger partial charge in [-0.05, 0) is 27.7 Å². The molecular formula is C12H24O5. The van der Waals surface area contributed by atoms with Gasteiger partial charge in [-0.15, -0.1) is 0 Å². The van der Waals surface area contributed by atoms with Gasteiger partial charge in [-0.25, -0.2) is 4.79 Å². The van der Waals surface area contributed by atoms with E-state index in [4.69, 9.17) is 19.3 Å². The predicted octanol–water partition coefficient (Wildman–Crippen LogP) is 1.70. The third-order valence-electron chi connectivity index (χ3n) is 1.93. The highest BCUT2D eigenvalue weighted by Crippen LogP contribution is 2.06. The van der Waals surface area contributed by atoms with Gasteiger partial charge in [-0.1, -0.05) is 0 Å². The molecule has 0 aliphatic carbocycles. The second kappa shape index (κ2) is 8.44. The van der Waals surface area contributed by atoms with Crippen molar-refractivity contribution in [3.63, 3.8) is 0 Å². The molecular weight excluding hydrogens is 224 g/mol. The number of carboxylic acids is 1. The lowest BCUT2D eigenvalue weighted by Crippen LogP contribution is -2.26. The van der Waals surface area contributed by atoms with Gasteiger partial charge in [0.15, 0.2) is 6.10 Å². The number of aliphatic carboxylic acids is 1. The lowest BCUT2D eigenvalue weighted by molar-refractivity contribution is -0.151. The van der Waals surface area contributed by atoms with Crippen LogP contribution in [0, 0.1) is 0 Å². The van der Waals surface area contributed by atoms with Gasteiger partial charge in [-0.3, -0.25) is 0 Å². The normalized spacial score (nSPS) is 13.6. The molecule has 0 aliphatic rings. The van der Waals surface area contributed by atoms with Gasteiger partial charge in [0.05, 0.1) is 18.8 Å². The zero-order valence-electron chi connectivity index (χ0n) is 11.2. The maximum atomic E-state index is 10.7. The quantitative estimate of drug-likeness (QED) is 0.629. The summed E-state index contributed by atoms with van der Waals surface area (Å²) in [5.74, 6) is -0.943. The highest BCUT2D eigenvalue weighted by atomic mass is 16.5. The molecule has 0 aromatic rings. The number of carboxylic acid groups (broad SMARTS) is 1. The maximum absolute atomic E-state index is 10.7. The second-order valence-electron chi connectivity index (χ2n) is 4.64. The molecule has 0 saturated heterocycles. The van der Waals surface area contributed by atoms with E-state index >= 15 is 0 Å². The van der Waals surface area contributed by atoms with Crippen molar-refractivity contribution in [1.82, 2.24) is 0 Å². The third kappa shape index (κ3) is 10.2. The molecule has 0 radical (unpaired) electrons. The molecule has 102 valence electrons. The number of hydrogen-bond acceptors (Lipinski definition) is 4. The van der Waals surface area contributed by atoms with Crippen LogP contribution in [-0.4, -0.2) is 49.2 Å². The van der Waals surface area contributed by atoms with Crippen molar-refractivity contribution in [3.8, 4) is 0 Å². The smallest absolute Gasteiger partial charge is 0.332 e. The maximum Gasteiger partial charge on any atom is 0.332 e. The molecule has 1 unspecified atom stereocenters. The summed E-state index contributed by atoms with van der Waals surface area (Å²) in [6.45, 7) is 9.43. The first-order valence-electron chi connectivity index (χ1n) is 5.93. The zero-order chi connectivity index (χ0) is 13.3. The molecule has 5 nitrogen and oxygen atoms in total. The summed E-state index contributed by atoms with van der Waals surface area (Å²) in [5.41, 5.74) is -0.168. The Morgan fingerprint density at radius 2 is 1.88 bits per heavy atom. The fraction of sp³-hybridized carbons (Fsp3) is 0.917. The number of rotatable bonds is 9. The Morgan fingerprint density at radius 3 is 2.35 bits per heavy atom. The van der Waals surface area contributed by atoms with E-state index in [1.807, 2.05) is 20.8 Å². The van der Waals surface area contributed by atoms with E-state index in [-0.39, 0.29) is 5.60 Å². The van der Waals surface area contributed by atoms with Gasteiger partial charge in [0, 0.05) is 19.6 Å². The molecule has 0 amide bonds. The monoisotopic (exact) mass is 248 g/mol. The van der Waals surface area contributed by atoms with E-state index in [0.717, 1.165) is 0 Å². The molecule has 1 N–H and O–H groups in total. The standard InChI is InChI=1S/C12H24O5/c1-5-16-10(11(13)14)6-7-15-8-9-17-12(2,3)4/h10H,5-9H2,1-4H3,(H,13,14). The summed E-state index contributed by atoms with van der Waals surface area (Å²) < 4.78 is 15.8. The molecule has 0 heterocycles. The van der Waals surface area contributed by atoms with E-state index in [1.54, 1.807) is 6.92 Å². The van der Waals surface area contributed by atoms with Crippen LogP contribution in [0.4, 0.5) is 0 Å². The van der Waals surface area contributed by atoms with E-state index in [9.17, 15) is 4.79 Å². The summed E-state index contributed by atoms with van der Waals surface area (Å²) in [5, 5.41) is 8.81. The van der Waals surface area contributed by atoms with Crippen molar-refractivity contribution in [2.45, 2.75) is 45.8 Å². The minimum atomic E-state index is -0.943. The molecule has 5 heteroatoms. The highest BCUT2D eigenvalue weighted by Gasteiger charge is 2.16. The predicted molar refractivity (Wildman–Crippen MR) is 64.2 cm³/mol. The third-order valence-corrected chi connectivity index (χ3v) is 1.93. The molecule has 0 fully saturated rings. The largest absolute Gasteiger partial charge is 0.479 e. The average Bonchev–Trinajstić information content (AvgIpc) is 2.19. The highest BCUT2D eigenvalue weighted by molar-refractivity contribution is 5.72. The first kappa shape index (κ1) is 16.4. The van der Waals surface area contributed by atoms with Crippen LogP contribution in [0.15, 0.2) is 0 Å². The van der Waals surface area contributed by atoms with Crippen molar-refractivity contribution in [3.05, 3.63) is 0 Å². The Morgan fingerprint density at radius 1 is 1.24 bits per heavy atom. The van der Waals surface area contributed by atoms with Gasteiger partial charge in [0.1, 0.15) is 0 Å². The number of ether oxygens (including phenoxy) is 3. The van der Waals surface area contributed by atoms with E-state index in [1.165, 1.54) is 0 Å². The van der Waals surface area contributed by atoms with Crippen LogP contribution in [0.1, 0.15) is 34.1 Å². The fourth-order valence-electron chi connectivity index (χ4n) is 1.18. The molecule has 0 aromatic carbocycles. The molecule has 0 aliphatic heterocycles. The van der Waals surface area contributed by atoms with Crippen LogP contribution in [0.3, 0.4) is 0 Å². The Labute approximate surface area is 103 Å². The van der Waals surface area contributed by atoms with E-state index in [2.05, 4.69) is 0 Å². The van der Waals surface area contributed by atoms with Gasteiger partial charge < -0.3 is 19.3 Å². The molecule has 0 rings (SSSR count). The van der Waals surface area contributed by atoms with Gasteiger partial charge in [-0.2, -0.15) is 0 Å². The van der Waals surface area contributed by atoms with Gasteiger partial charge >= 0.3 is 5.97 Å². The summed E-state index contributed by atoms with van der Waals surface area (Å²) in [6.07, 6.45) is -0.415. The van der Waals surface area contributed by atoms with Crippen molar-refractivity contribution >= 4 is 5.97 Å². The molecule has 0 spiro atoms. The summed E-state index contributed by atoms with van der Waals surface area (Å²) in [7, 11) is 0. The fourth-order valence-corrected chi connectivity index (χ4v) is 1.18. The van der Waals surface area contributed by atoms with E-state index in [0.29, 0.717) is 32.8 Å². The second-order valence-corrected chi connectivity index (χ2v) is 4.64. The van der Waals surface area contributed by atoms with Crippen LogP contribution < -0.4 is 0 Å². The zero-order valence-corrected chi connectivity index (χ0v) is 11.2. The Hall–Kier alpha value is -0.650. The lowest BCUT2D eigenvalue weighted by atomic mass is 10.2. The van der Waals surface area contributed by atoms with Crippen molar-refractivity contribution < 1.29 is 24.1 Å². The summed E-state index contributed by atoms with van der Waals surface area (Å²) in [4.78, 5) is 10.7. The minimum absolute atomic E-state index is 0.168. The average molecular weight is 248 g/mol. The molecule has 0 saturated carbocycles. The number of carbonyl (C=O) groups is 1. The van der Waals surface area contributed by atoms with E-state index < -0.39 is 12.1 Å². The Balaban J connectivity index is 3.52. The van der Waals surface area contributed by atoms with Crippen molar-refractivity contribution in [2.24, 2.45) is 0 Å². The van der Waals surface area contributed by atoms with Crippen LogP contribution in [-0.2, 0) is 19.0 Å². The first-order chi connectivity index (χ1) is 7.87. The topological polar surface area (TPSA) is 65.0 Å². The summed E-state index contributed by atoms with van der Waals surface area (Å²) in [6, 6.07) is 0.